The molecule has 0 saturated heterocycles. The molecule has 1 aromatic heterocycles. The molecule has 8 nitrogen and oxygen atoms in total. The monoisotopic (exact) mass is 403 g/mol. The van der Waals surface area contributed by atoms with Crippen LogP contribution >= 0.6 is 23.4 Å². The summed E-state index contributed by atoms with van der Waals surface area (Å²) in [4.78, 5) is 23.8. The first-order chi connectivity index (χ1) is 12.9. The molecular formula is C17H14ClN5O3S. The molecule has 0 fully saturated rings. The molecule has 3 rings (SSSR count). The zero-order chi connectivity index (χ0) is 19.6. The average molecular weight is 404 g/mol. The number of hydrogen-bond acceptors (Lipinski definition) is 6. The van der Waals surface area contributed by atoms with E-state index in [1.807, 2.05) is 0 Å². The second-order valence-corrected chi connectivity index (χ2v) is 7.05. The van der Waals surface area contributed by atoms with Crippen LogP contribution in [0.25, 0.3) is 0 Å². The molecule has 138 valence electrons. The number of nitro groups is 1. The maximum atomic E-state index is 12.5. The standard InChI is InChI=1S/C17H14ClN5O3S/c1-10-12(18)4-3-5-13(10)20-16(24)11-6-7-15(14(8-11)23(25)26)27-17-21-19-9-22(17)2/h3-9H,1-2H3,(H,20,24). The quantitative estimate of drug-likeness (QED) is 0.508. The highest BCUT2D eigenvalue weighted by Gasteiger charge is 2.20. The van der Waals surface area contributed by atoms with Gasteiger partial charge in [0.05, 0.1) is 9.82 Å². The van der Waals surface area contributed by atoms with E-state index >= 15 is 0 Å². The van der Waals surface area contributed by atoms with Crippen LogP contribution in [0.1, 0.15) is 15.9 Å². The molecule has 0 bridgehead atoms. The Morgan fingerprint density at radius 2 is 2.11 bits per heavy atom. The molecule has 0 atom stereocenters. The summed E-state index contributed by atoms with van der Waals surface area (Å²) in [6.07, 6.45) is 1.50. The Hall–Kier alpha value is -2.91. The van der Waals surface area contributed by atoms with E-state index in [1.54, 1.807) is 36.7 Å². The number of carbonyl (C=O) groups is 1. The van der Waals surface area contributed by atoms with Crippen molar-refractivity contribution in [3.05, 3.63) is 69.0 Å². The summed E-state index contributed by atoms with van der Waals surface area (Å²) in [6.45, 7) is 1.78. The Morgan fingerprint density at radius 3 is 2.78 bits per heavy atom. The average Bonchev–Trinajstić information content (AvgIpc) is 3.03. The second-order valence-electron chi connectivity index (χ2n) is 5.63. The Bertz CT molecular complexity index is 1040. The van der Waals surface area contributed by atoms with Gasteiger partial charge in [0.1, 0.15) is 6.33 Å². The Labute approximate surface area is 163 Å². The van der Waals surface area contributed by atoms with Crippen molar-refractivity contribution in [2.45, 2.75) is 17.0 Å². The number of halogens is 1. The molecule has 0 radical (unpaired) electrons. The summed E-state index contributed by atoms with van der Waals surface area (Å²) >= 11 is 7.16. The number of nitro benzene ring substituents is 1. The van der Waals surface area contributed by atoms with E-state index in [2.05, 4.69) is 15.5 Å². The van der Waals surface area contributed by atoms with Gasteiger partial charge in [-0.15, -0.1) is 10.2 Å². The lowest BCUT2D eigenvalue weighted by molar-refractivity contribution is -0.387. The first-order valence-electron chi connectivity index (χ1n) is 7.73. The van der Waals surface area contributed by atoms with Gasteiger partial charge >= 0.3 is 0 Å². The van der Waals surface area contributed by atoms with E-state index in [4.69, 9.17) is 11.6 Å². The van der Waals surface area contributed by atoms with E-state index in [-0.39, 0.29) is 11.3 Å². The van der Waals surface area contributed by atoms with E-state index in [9.17, 15) is 14.9 Å². The maximum Gasteiger partial charge on any atom is 0.284 e. The Balaban J connectivity index is 1.89. The lowest BCUT2D eigenvalue weighted by Crippen LogP contribution is -2.13. The minimum atomic E-state index is -0.528. The molecule has 27 heavy (non-hydrogen) atoms. The number of aryl methyl sites for hydroxylation is 1. The number of anilines is 1. The van der Waals surface area contributed by atoms with Gasteiger partial charge in [0.25, 0.3) is 11.6 Å². The Kier molecular flexibility index (Phi) is 5.43. The fraction of sp³-hybridized carbons (Fsp3) is 0.118. The number of nitrogens with one attached hydrogen (secondary N) is 1. The number of rotatable bonds is 5. The second kappa shape index (κ2) is 7.77. The van der Waals surface area contributed by atoms with Gasteiger partial charge in [-0.1, -0.05) is 17.7 Å². The van der Waals surface area contributed by atoms with Crippen molar-refractivity contribution < 1.29 is 9.72 Å². The van der Waals surface area contributed by atoms with Crippen molar-refractivity contribution in [2.75, 3.05) is 5.32 Å². The zero-order valence-electron chi connectivity index (χ0n) is 14.3. The summed E-state index contributed by atoms with van der Waals surface area (Å²) in [7, 11) is 1.74. The summed E-state index contributed by atoms with van der Waals surface area (Å²) in [6, 6.07) is 9.45. The number of nitrogens with zero attached hydrogens (tertiary/aromatic N) is 4. The van der Waals surface area contributed by atoms with Crippen LogP contribution in [0.15, 0.2) is 52.8 Å². The van der Waals surface area contributed by atoms with Crippen molar-refractivity contribution in [3.63, 3.8) is 0 Å². The van der Waals surface area contributed by atoms with Crippen LogP contribution < -0.4 is 5.32 Å². The summed E-state index contributed by atoms with van der Waals surface area (Å²) in [5, 5.41) is 22.9. The van der Waals surface area contributed by atoms with Crippen LogP contribution in [0.4, 0.5) is 11.4 Å². The zero-order valence-corrected chi connectivity index (χ0v) is 15.9. The summed E-state index contributed by atoms with van der Waals surface area (Å²) in [5.41, 5.74) is 1.26. The molecule has 1 amide bonds. The molecule has 3 aromatic rings. The van der Waals surface area contributed by atoms with Gasteiger partial charge in [-0.25, -0.2) is 0 Å². The van der Waals surface area contributed by atoms with Crippen molar-refractivity contribution in [2.24, 2.45) is 7.05 Å². The largest absolute Gasteiger partial charge is 0.322 e. The SMILES string of the molecule is Cc1c(Cl)cccc1NC(=O)c1ccc(Sc2nncn2C)c([N+](=O)[O-])c1. The molecule has 0 saturated carbocycles. The molecule has 0 aliphatic carbocycles. The molecule has 1 N–H and O–H groups in total. The molecule has 1 heterocycles. The predicted octanol–water partition coefficient (Wildman–Crippen LogP) is 4.09. The third-order valence-electron chi connectivity index (χ3n) is 3.80. The molecule has 2 aromatic carbocycles. The van der Waals surface area contributed by atoms with Gasteiger partial charge in [-0.2, -0.15) is 0 Å². The molecular weight excluding hydrogens is 390 g/mol. The number of benzene rings is 2. The van der Waals surface area contributed by atoms with Crippen molar-refractivity contribution in [3.8, 4) is 0 Å². The third kappa shape index (κ3) is 4.09. The first-order valence-corrected chi connectivity index (χ1v) is 8.93. The van der Waals surface area contributed by atoms with Gasteiger partial charge in [0.15, 0.2) is 5.16 Å². The highest BCUT2D eigenvalue weighted by Crippen LogP contribution is 2.34. The van der Waals surface area contributed by atoms with Crippen LogP contribution in [0.3, 0.4) is 0 Å². The van der Waals surface area contributed by atoms with Crippen LogP contribution in [0.2, 0.25) is 5.02 Å². The normalized spacial score (nSPS) is 10.6. The molecule has 0 unspecified atom stereocenters. The van der Waals surface area contributed by atoms with E-state index in [1.165, 1.54) is 24.5 Å². The van der Waals surface area contributed by atoms with Gasteiger partial charge in [-0.3, -0.25) is 14.9 Å². The molecule has 0 aliphatic rings. The summed E-state index contributed by atoms with van der Waals surface area (Å²) in [5.74, 6) is -0.460. The van der Waals surface area contributed by atoms with E-state index in [0.717, 1.165) is 17.3 Å². The number of aromatic nitrogens is 3. The maximum absolute atomic E-state index is 12.5. The topological polar surface area (TPSA) is 103 Å². The minimum Gasteiger partial charge on any atom is -0.322 e. The number of amides is 1. The van der Waals surface area contributed by atoms with Crippen molar-refractivity contribution in [1.29, 1.82) is 0 Å². The van der Waals surface area contributed by atoms with Crippen LogP contribution in [-0.4, -0.2) is 25.6 Å². The predicted molar refractivity (Wildman–Crippen MR) is 102 cm³/mol. The lowest BCUT2D eigenvalue weighted by atomic mass is 10.1. The first kappa shape index (κ1) is 18.9. The Morgan fingerprint density at radius 1 is 1.33 bits per heavy atom. The van der Waals surface area contributed by atoms with E-state index in [0.29, 0.717) is 20.8 Å². The molecule has 0 aliphatic heterocycles. The van der Waals surface area contributed by atoms with Gasteiger partial charge in [0.2, 0.25) is 0 Å². The minimum absolute atomic E-state index is 0.170. The summed E-state index contributed by atoms with van der Waals surface area (Å²) < 4.78 is 1.65. The highest BCUT2D eigenvalue weighted by atomic mass is 35.5. The van der Waals surface area contributed by atoms with Crippen molar-refractivity contribution in [1.82, 2.24) is 14.8 Å². The number of carbonyl (C=O) groups excluding carboxylic acids is 1. The van der Waals surface area contributed by atoms with E-state index < -0.39 is 10.8 Å². The van der Waals surface area contributed by atoms with Crippen LogP contribution in [0, 0.1) is 17.0 Å². The van der Waals surface area contributed by atoms with Crippen LogP contribution in [0.5, 0.6) is 0 Å². The number of hydrogen-bond donors (Lipinski definition) is 1. The smallest absolute Gasteiger partial charge is 0.284 e. The van der Waals surface area contributed by atoms with Gasteiger partial charge < -0.3 is 9.88 Å². The van der Waals surface area contributed by atoms with Crippen LogP contribution in [-0.2, 0) is 7.05 Å². The molecule has 0 spiro atoms. The van der Waals surface area contributed by atoms with Gasteiger partial charge in [0, 0.05) is 29.4 Å². The molecule has 10 heteroatoms. The highest BCUT2D eigenvalue weighted by molar-refractivity contribution is 7.99. The lowest BCUT2D eigenvalue weighted by Gasteiger charge is -2.10. The third-order valence-corrected chi connectivity index (χ3v) is 5.33. The van der Waals surface area contributed by atoms with Crippen molar-refractivity contribution >= 4 is 40.6 Å². The fourth-order valence-electron chi connectivity index (χ4n) is 2.29. The van der Waals surface area contributed by atoms with Gasteiger partial charge in [-0.05, 0) is 48.5 Å². The fourth-order valence-corrected chi connectivity index (χ4v) is 3.31.